The third-order valence-electron chi connectivity index (χ3n) is 5.89. The Morgan fingerprint density at radius 1 is 1.04 bits per heavy atom. The van der Waals surface area contributed by atoms with Crippen LogP contribution >= 0.6 is 11.6 Å². The SMILES string of the molecule is COc1ccc2ccccc2c1[C@H]1N(c2ccc(Cl)cc2)C(=O)[C@@H]2CCCN21. The van der Waals surface area contributed by atoms with Crippen LogP contribution in [0.15, 0.2) is 60.7 Å². The van der Waals surface area contributed by atoms with Crippen LogP contribution in [0.1, 0.15) is 24.6 Å². The Morgan fingerprint density at radius 3 is 2.61 bits per heavy atom. The maximum atomic E-state index is 13.4. The first-order valence-corrected chi connectivity index (χ1v) is 9.97. The van der Waals surface area contributed by atoms with Crippen molar-refractivity contribution in [1.29, 1.82) is 0 Å². The molecule has 5 rings (SSSR count). The zero-order valence-corrected chi connectivity index (χ0v) is 16.4. The lowest BCUT2D eigenvalue weighted by molar-refractivity contribution is -0.119. The van der Waals surface area contributed by atoms with Crippen molar-refractivity contribution in [3.05, 3.63) is 71.2 Å². The average Bonchev–Trinajstić information content (AvgIpc) is 3.30. The van der Waals surface area contributed by atoms with Gasteiger partial charge in [-0.25, -0.2) is 0 Å². The fourth-order valence-corrected chi connectivity index (χ4v) is 4.79. The standard InChI is InChI=1S/C23H21ClN2O2/c1-28-20-13-8-15-5-2-3-6-18(15)21(20)22-25-14-4-7-19(25)23(27)26(22)17-11-9-16(24)10-12-17/h2-3,5-6,8-13,19,22H,4,7,14H2,1H3/t19-,22+/m0/s1. The van der Waals surface area contributed by atoms with Gasteiger partial charge in [0.2, 0.25) is 5.91 Å². The maximum Gasteiger partial charge on any atom is 0.246 e. The van der Waals surface area contributed by atoms with Gasteiger partial charge in [-0.1, -0.05) is 41.9 Å². The highest BCUT2D eigenvalue weighted by Gasteiger charge is 2.50. The van der Waals surface area contributed by atoms with E-state index in [2.05, 4.69) is 23.1 Å². The van der Waals surface area contributed by atoms with Gasteiger partial charge in [0.15, 0.2) is 0 Å². The van der Waals surface area contributed by atoms with Gasteiger partial charge in [0, 0.05) is 22.8 Å². The Labute approximate surface area is 169 Å². The molecule has 0 spiro atoms. The number of halogens is 1. The van der Waals surface area contributed by atoms with E-state index in [1.807, 2.05) is 47.4 Å². The van der Waals surface area contributed by atoms with Crippen LogP contribution in [0, 0.1) is 0 Å². The number of nitrogens with zero attached hydrogens (tertiary/aromatic N) is 2. The normalized spacial score (nSPS) is 22.1. The molecule has 1 amide bonds. The highest BCUT2D eigenvalue weighted by molar-refractivity contribution is 6.30. The number of ether oxygens (including phenoxy) is 1. The molecule has 5 heteroatoms. The molecule has 2 aliphatic rings. The van der Waals surface area contributed by atoms with Gasteiger partial charge in [0.05, 0.1) is 13.2 Å². The van der Waals surface area contributed by atoms with Gasteiger partial charge in [-0.2, -0.15) is 0 Å². The Morgan fingerprint density at radius 2 is 1.82 bits per heavy atom. The molecule has 0 saturated carbocycles. The zero-order valence-electron chi connectivity index (χ0n) is 15.6. The number of hydrogen-bond donors (Lipinski definition) is 0. The lowest BCUT2D eigenvalue weighted by Gasteiger charge is -2.31. The van der Waals surface area contributed by atoms with Crippen molar-refractivity contribution in [1.82, 2.24) is 4.90 Å². The number of fused-ring (bicyclic) bond motifs is 2. The number of carbonyl (C=O) groups is 1. The van der Waals surface area contributed by atoms with Crippen LogP contribution in [0.3, 0.4) is 0 Å². The predicted molar refractivity (Wildman–Crippen MR) is 112 cm³/mol. The van der Waals surface area contributed by atoms with E-state index in [0.29, 0.717) is 5.02 Å². The first kappa shape index (κ1) is 17.5. The molecule has 0 N–H and O–H groups in total. The summed E-state index contributed by atoms with van der Waals surface area (Å²) < 4.78 is 5.77. The fourth-order valence-electron chi connectivity index (χ4n) is 4.66. The highest BCUT2D eigenvalue weighted by Crippen LogP contribution is 2.47. The molecule has 0 unspecified atom stereocenters. The van der Waals surface area contributed by atoms with Gasteiger partial charge in [0.25, 0.3) is 0 Å². The predicted octanol–water partition coefficient (Wildman–Crippen LogP) is 5.01. The number of amides is 1. The Bertz CT molecular complexity index is 1050. The summed E-state index contributed by atoms with van der Waals surface area (Å²) in [4.78, 5) is 17.6. The molecule has 2 heterocycles. The second kappa shape index (κ2) is 6.80. The second-order valence-electron chi connectivity index (χ2n) is 7.36. The van der Waals surface area contributed by atoms with Gasteiger partial charge in [0.1, 0.15) is 11.9 Å². The van der Waals surface area contributed by atoms with Crippen molar-refractivity contribution >= 4 is 34.0 Å². The molecule has 0 aliphatic carbocycles. The number of anilines is 1. The third kappa shape index (κ3) is 2.60. The summed E-state index contributed by atoms with van der Waals surface area (Å²) in [6.07, 6.45) is 1.74. The molecule has 0 radical (unpaired) electrons. The molecule has 4 nitrogen and oxygen atoms in total. The van der Waals surface area contributed by atoms with Crippen LogP contribution in [-0.4, -0.2) is 30.5 Å². The summed E-state index contributed by atoms with van der Waals surface area (Å²) in [5, 5.41) is 2.92. The summed E-state index contributed by atoms with van der Waals surface area (Å²) in [5.74, 6) is 0.961. The molecule has 3 aromatic rings. The monoisotopic (exact) mass is 392 g/mol. The van der Waals surface area contributed by atoms with E-state index < -0.39 is 0 Å². The first-order chi connectivity index (χ1) is 13.7. The molecule has 142 valence electrons. The highest BCUT2D eigenvalue weighted by atomic mass is 35.5. The van der Waals surface area contributed by atoms with Crippen LogP contribution in [0.5, 0.6) is 5.75 Å². The van der Waals surface area contributed by atoms with Crippen molar-refractivity contribution < 1.29 is 9.53 Å². The minimum absolute atomic E-state index is 0.0793. The van der Waals surface area contributed by atoms with E-state index in [0.717, 1.165) is 47.2 Å². The molecule has 2 aliphatic heterocycles. The molecule has 0 aromatic heterocycles. The lowest BCUT2D eigenvalue weighted by atomic mass is 10.00. The zero-order chi connectivity index (χ0) is 19.3. The molecule has 28 heavy (non-hydrogen) atoms. The van der Waals surface area contributed by atoms with Crippen LogP contribution in [0.25, 0.3) is 10.8 Å². The lowest BCUT2D eigenvalue weighted by Crippen LogP contribution is -2.32. The average molecular weight is 393 g/mol. The quantitative estimate of drug-likeness (QED) is 0.628. The van der Waals surface area contributed by atoms with Gasteiger partial charge in [-0.05, 0) is 53.9 Å². The minimum Gasteiger partial charge on any atom is -0.496 e. The van der Waals surface area contributed by atoms with Crippen LogP contribution < -0.4 is 9.64 Å². The molecular formula is C23H21ClN2O2. The van der Waals surface area contributed by atoms with Gasteiger partial charge >= 0.3 is 0 Å². The molecule has 2 atom stereocenters. The van der Waals surface area contributed by atoms with Gasteiger partial charge < -0.3 is 4.74 Å². The Kier molecular flexibility index (Phi) is 4.26. The van der Waals surface area contributed by atoms with E-state index >= 15 is 0 Å². The van der Waals surface area contributed by atoms with E-state index in [-0.39, 0.29) is 18.1 Å². The summed E-state index contributed by atoms with van der Waals surface area (Å²) in [7, 11) is 1.69. The maximum absolute atomic E-state index is 13.4. The third-order valence-corrected chi connectivity index (χ3v) is 6.14. The first-order valence-electron chi connectivity index (χ1n) is 9.59. The number of carbonyl (C=O) groups excluding carboxylic acids is 1. The van der Waals surface area contributed by atoms with Gasteiger partial charge in [-0.15, -0.1) is 0 Å². The minimum atomic E-state index is -0.192. The smallest absolute Gasteiger partial charge is 0.246 e. The van der Waals surface area contributed by atoms with Crippen LogP contribution in [0.2, 0.25) is 5.02 Å². The summed E-state index contributed by atoms with van der Waals surface area (Å²) in [5.41, 5.74) is 1.91. The van der Waals surface area contributed by atoms with Crippen molar-refractivity contribution in [2.45, 2.75) is 25.0 Å². The van der Waals surface area contributed by atoms with E-state index in [4.69, 9.17) is 16.3 Å². The van der Waals surface area contributed by atoms with E-state index in [9.17, 15) is 4.79 Å². The van der Waals surface area contributed by atoms with Crippen molar-refractivity contribution in [3.8, 4) is 5.75 Å². The topological polar surface area (TPSA) is 32.8 Å². The van der Waals surface area contributed by atoms with Crippen molar-refractivity contribution in [3.63, 3.8) is 0 Å². The Balaban J connectivity index is 1.75. The summed E-state index contributed by atoms with van der Waals surface area (Å²) >= 11 is 6.10. The van der Waals surface area contributed by atoms with Crippen molar-refractivity contribution in [2.24, 2.45) is 0 Å². The molecule has 3 aromatic carbocycles. The molecule has 2 saturated heterocycles. The van der Waals surface area contributed by atoms with Gasteiger partial charge in [-0.3, -0.25) is 14.6 Å². The second-order valence-corrected chi connectivity index (χ2v) is 7.79. The van der Waals surface area contributed by atoms with Crippen LogP contribution in [0.4, 0.5) is 5.69 Å². The molecule has 2 fully saturated rings. The molecule has 0 bridgehead atoms. The largest absolute Gasteiger partial charge is 0.496 e. The number of benzene rings is 3. The summed E-state index contributed by atoms with van der Waals surface area (Å²) in [6.45, 7) is 0.900. The summed E-state index contributed by atoms with van der Waals surface area (Å²) in [6, 6.07) is 19.8. The fraction of sp³-hybridized carbons (Fsp3) is 0.261. The Hall–Kier alpha value is -2.56. The van der Waals surface area contributed by atoms with Crippen molar-refractivity contribution in [2.75, 3.05) is 18.6 Å². The number of rotatable bonds is 3. The van der Waals surface area contributed by atoms with E-state index in [1.54, 1.807) is 7.11 Å². The van der Waals surface area contributed by atoms with Crippen LogP contribution in [-0.2, 0) is 4.79 Å². The van der Waals surface area contributed by atoms with E-state index in [1.165, 1.54) is 0 Å². The number of methoxy groups -OCH3 is 1. The molecular weight excluding hydrogens is 372 g/mol. The number of hydrogen-bond acceptors (Lipinski definition) is 3.